The fourth-order valence-corrected chi connectivity index (χ4v) is 2.98. The van der Waals surface area contributed by atoms with Crippen molar-refractivity contribution in [3.8, 4) is 11.5 Å². The quantitative estimate of drug-likeness (QED) is 0.556. The minimum absolute atomic E-state index is 0.156. The number of nitrogens with zero attached hydrogens (tertiary/aromatic N) is 1. The van der Waals surface area contributed by atoms with E-state index in [2.05, 4.69) is 36.3 Å². The van der Waals surface area contributed by atoms with E-state index in [4.69, 9.17) is 4.74 Å². The number of anilines is 1. The zero-order valence-corrected chi connectivity index (χ0v) is 16.7. The second kappa shape index (κ2) is 9.18. The Morgan fingerprint density at radius 3 is 2.14 bits per heavy atom. The normalized spacial score (nSPS) is 10.5. The van der Waals surface area contributed by atoms with Gasteiger partial charge >= 0.3 is 0 Å². The van der Waals surface area contributed by atoms with Crippen LogP contribution in [0.2, 0.25) is 0 Å². The first-order chi connectivity index (χ1) is 13.6. The Morgan fingerprint density at radius 1 is 0.929 bits per heavy atom. The summed E-state index contributed by atoms with van der Waals surface area (Å²) in [4.78, 5) is 17.1. The number of amides is 1. The molecule has 4 heteroatoms. The largest absolute Gasteiger partial charge is 0.457 e. The molecule has 1 amide bonds. The number of ether oxygens (including phenoxy) is 1. The first-order valence-corrected chi connectivity index (χ1v) is 9.73. The third kappa shape index (κ3) is 4.97. The summed E-state index contributed by atoms with van der Waals surface area (Å²) < 4.78 is 5.85. The molecule has 1 N–H and O–H groups in total. The number of benzene rings is 2. The maximum Gasteiger partial charge on any atom is 0.257 e. The second-order valence-corrected chi connectivity index (χ2v) is 6.76. The van der Waals surface area contributed by atoms with Crippen LogP contribution in [0.3, 0.4) is 0 Å². The molecule has 0 aliphatic rings. The number of carbonyl (C=O) groups excluding carboxylic acids is 1. The van der Waals surface area contributed by atoms with Gasteiger partial charge in [-0.05, 0) is 73.9 Å². The van der Waals surface area contributed by atoms with E-state index in [1.807, 2.05) is 55.5 Å². The molecule has 0 aliphatic heterocycles. The molecule has 0 saturated heterocycles. The zero-order valence-electron chi connectivity index (χ0n) is 16.7. The van der Waals surface area contributed by atoms with Crippen LogP contribution in [-0.2, 0) is 12.8 Å². The van der Waals surface area contributed by atoms with Gasteiger partial charge in [0.25, 0.3) is 5.91 Å². The van der Waals surface area contributed by atoms with Crippen molar-refractivity contribution in [1.29, 1.82) is 0 Å². The van der Waals surface area contributed by atoms with Gasteiger partial charge in [0.15, 0.2) is 0 Å². The molecule has 0 spiro atoms. The third-order valence-electron chi connectivity index (χ3n) is 4.57. The van der Waals surface area contributed by atoms with Crippen molar-refractivity contribution in [3.63, 3.8) is 0 Å². The lowest BCUT2D eigenvalue weighted by molar-refractivity contribution is 0.102. The molecule has 28 heavy (non-hydrogen) atoms. The average Bonchev–Trinajstić information content (AvgIpc) is 2.70. The molecule has 0 aliphatic carbocycles. The predicted molar refractivity (Wildman–Crippen MR) is 113 cm³/mol. The van der Waals surface area contributed by atoms with Gasteiger partial charge in [0.05, 0.1) is 11.3 Å². The Bertz CT molecular complexity index is 932. The monoisotopic (exact) mass is 374 g/mol. The Kier molecular flexibility index (Phi) is 6.43. The minimum Gasteiger partial charge on any atom is -0.457 e. The van der Waals surface area contributed by atoms with Crippen molar-refractivity contribution in [2.45, 2.75) is 40.0 Å². The molecule has 144 valence electrons. The molecule has 0 radical (unpaired) electrons. The summed E-state index contributed by atoms with van der Waals surface area (Å²) >= 11 is 0. The Balaban J connectivity index is 1.64. The lowest BCUT2D eigenvalue weighted by Crippen LogP contribution is -2.14. The van der Waals surface area contributed by atoms with Gasteiger partial charge in [-0.2, -0.15) is 0 Å². The standard InChI is InChI=1S/C24H26N2O2/c1-4-6-19-11-16-23(17(3)25-19)24(27)26-20-9-14-22(15-10-20)28-21-12-7-18(5-2)8-13-21/h7-16H,4-6H2,1-3H3,(H,26,27). The number of pyridine rings is 1. The lowest BCUT2D eigenvalue weighted by Gasteiger charge is -2.10. The summed E-state index contributed by atoms with van der Waals surface area (Å²) in [6, 6.07) is 19.2. The highest BCUT2D eigenvalue weighted by atomic mass is 16.5. The third-order valence-corrected chi connectivity index (χ3v) is 4.57. The average molecular weight is 374 g/mol. The summed E-state index contributed by atoms with van der Waals surface area (Å²) in [6.07, 6.45) is 2.96. The van der Waals surface area contributed by atoms with E-state index >= 15 is 0 Å². The van der Waals surface area contributed by atoms with Crippen LogP contribution in [0.5, 0.6) is 11.5 Å². The Morgan fingerprint density at radius 2 is 1.57 bits per heavy atom. The summed E-state index contributed by atoms with van der Waals surface area (Å²) in [6.45, 7) is 6.11. The summed E-state index contributed by atoms with van der Waals surface area (Å²) in [5.41, 5.74) is 4.36. The van der Waals surface area contributed by atoms with Crippen molar-refractivity contribution in [2.75, 3.05) is 5.32 Å². The summed E-state index contributed by atoms with van der Waals surface area (Å²) in [5.74, 6) is 1.36. The van der Waals surface area contributed by atoms with Crippen molar-refractivity contribution < 1.29 is 9.53 Å². The molecule has 0 fully saturated rings. The Labute approximate surface area is 166 Å². The van der Waals surface area contributed by atoms with Gasteiger partial charge in [-0.15, -0.1) is 0 Å². The van der Waals surface area contributed by atoms with Gasteiger partial charge in [0.1, 0.15) is 11.5 Å². The lowest BCUT2D eigenvalue weighted by atomic mass is 10.1. The number of hydrogen-bond acceptors (Lipinski definition) is 3. The van der Waals surface area contributed by atoms with Gasteiger partial charge < -0.3 is 10.1 Å². The first kappa shape index (κ1) is 19.6. The highest BCUT2D eigenvalue weighted by Gasteiger charge is 2.11. The van der Waals surface area contributed by atoms with E-state index in [0.29, 0.717) is 5.56 Å². The zero-order chi connectivity index (χ0) is 19.9. The molecule has 0 unspecified atom stereocenters. The molecule has 4 nitrogen and oxygen atoms in total. The van der Waals surface area contributed by atoms with E-state index in [-0.39, 0.29) is 5.91 Å². The number of rotatable bonds is 7. The van der Waals surface area contributed by atoms with Gasteiger partial charge in [-0.1, -0.05) is 32.4 Å². The van der Waals surface area contributed by atoms with E-state index in [0.717, 1.165) is 47.8 Å². The topological polar surface area (TPSA) is 51.2 Å². The maximum atomic E-state index is 12.6. The minimum atomic E-state index is -0.156. The van der Waals surface area contributed by atoms with Crippen molar-refractivity contribution in [3.05, 3.63) is 83.2 Å². The molecule has 0 bridgehead atoms. The van der Waals surface area contributed by atoms with E-state index in [1.165, 1.54) is 5.56 Å². The smallest absolute Gasteiger partial charge is 0.257 e. The molecule has 0 atom stereocenters. The molecule has 0 saturated carbocycles. The van der Waals surface area contributed by atoms with Crippen LogP contribution in [0.25, 0.3) is 0 Å². The van der Waals surface area contributed by atoms with Crippen LogP contribution in [0.15, 0.2) is 60.7 Å². The van der Waals surface area contributed by atoms with E-state index in [9.17, 15) is 4.79 Å². The Hall–Kier alpha value is -3.14. The van der Waals surface area contributed by atoms with Crippen LogP contribution in [0.4, 0.5) is 5.69 Å². The van der Waals surface area contributed by atoms with E-state index < -0.39 is 0 Å². The molecular weight excluding hydrogens is 348 g/mol. The highest BCUT2D eigenvalue weighted by Crippen LogP contribution is 2.24. The van der Waals surface area contributed by atoms with Crippen LogP contribution < -0.4 is 10.1 Å². The predicted octanol–water partition coefficient (Wildman–Crippen LogP) is 5.95. The van der Waals surface area contributed by atoms with Crippen LogP contribution in [0.1, 0.15) is 47.6 Å². The second-order valence-electron chi connectivity index (χ2n) is 6.76. The number of aryl methyl sites for hydroxylation is 3. The highest BCUT2D eigenvalue weighted by molar-refractivity contribution is 6.05. The fourth-order valence-electron chi connectivity index (χ4n) is 2.98. The molecule has 1 aromatic heterocycles. The van der Waals surface area contributed by atoms with Gasteiger partial charge in [-0.25, -0.2) is 0 Å². The van der Waals surface area contributed by atoms with Crippen LogP contribution in [0, 0.1) is 6.92 Å². The maximum absolute atomic E-state index is 12.6. The van der Waals surface area contributed by atoms with Crippen molar-refractivity contribution in [2.24, 2.45) is 0 Å². The van der Waals surface area contributed by atoms with E-state index in [1.54, 1.807) is 0 Å². The molecule has 1 heterocycles. The SMILES string of the molecule is CCCc1ccc(C(=O)Nc2ccc(Oc3ccc(CC)cc3)cc2)c(C)n1. The first-order valence-electron chi connectivity index (χ1n) is 9.73. The molecular formula is C24H26N2O2. The number of aromatic nitrogens is 1. The molecule has 2 aromatic carbocycles. The van der Waals surface area contributed by atoms with Gasteiger partial charge in [0.2, 0.25) is 0 Å². The van der Waals surface area contributed by atoms with Gasteiger partial charge in [0, 0.05) is 11.4 Å². The van der Waals surface area contributed by atoms with Crippen molar-refractivity contribution in [1.82, 2.24) is 4.98 Å². The number of nitrogens with one attached hydrogen (secondary N) is 1. The van der Waals surface area contributed by atoms with Crippen LogP contribution >= 0.6 is 0 Å². The molecule has 3 rings (SSSR count). The fraction of sp³-hybridized carbons (Fsp3) is 0.250. The number of hydrogen-bond donors (Lipinski definition) is 1. The van der Waals surface area contributed by atoms with Crippen LogP contribution in [-0.4, -0.2) is 10.9 Å². The summed E-state index contributed by atoms with van der Waals surface area (Å²) in [7, 11) is 0. The van der Waals surface area contributed by atoms with Crippen molar-refractivity contribution >= 4 is 11.6 Å². The molecule has 3 aromatic rings. The number of carbonyl (C=O) groups is 1. The summed E-state index contributed by atoms with van der Waals surface area (Å²) in [5, 5.41) is 2.92. The van der Waals surface area contributed by atoms with Gasteiger partial charge in [-0.3, -0.25) is 9.78 Å².